The number of halogens is 3. The van der Waals surface area contributed by atoms with Crippen LogP contribution in [0.4, 0.5) is 18.9 Å². The van der Waals surface area contributed by atoms with Gasteiger partial charge in [0, 0.05) is 11.8 Å². The average molecular weight is 518 g/mol. The second-order valence-electron chi connectivity index (χ2n) is 8.67. The molecule has 1 amide bonds. The van der Waals surface area contributed by atoms with Crippen molar-refractivity contribution in [3.8, 4) is 16.9 Å². The quantitative estimate of drug-likeness (QED) is 0.258. The molecule has 0 unspecified atom stereocenters. The molecule has 38 heavy (non-hydrogen) atoms. The molecule has 1 N–H and O–H groups in total. The van der Waals surface area contributed by atoms with Gasteiger partial charge in [0.1, 0.15) is 11.3 Å². The zero-order valence-electron chi connectivity index (χ0n) is 20.3. The summed E-state index contributed by atoms with van der Waals surface area (Å²) in [5.41, 5.74) is 0.0923. The summed E-state index contributed by atoms with van der Waals surface area (Å²) in [6.07, 6.45) is -4.20. The summed E-state index contributed by atoms with van der Waals surface area (Å²) in [5.74, 6) is -1.74. The van der Waals surface area contributed by atoms with Crippen LogP contribution in [0.3, 0.4) is 0 Å². The van der Waals surface area contributed by atoms with E-state index in [1.165, 1.54) is 24.3 Å². The number of hydrogen-bond acceptors (Lipinski definition) is 4. The number of anilines is 1. The van der Waals surface area contributed by atoms with E-state index in [0.717, 1.165) is 12.0 Å². The van der Waals surface area contributed by atoms with Gasteiger partial charge in [0.15, 0.2) is 6.61 Å². The van der Waals surface area contributed by atoms with Gasteiger partial charge in [-0.25, -0.2) is 0 Å². The molecule has 0 saturated heterocycles. The van der Waals surface area contributed by atoms with Gasteiger partial charge >= 0.3 is 6.18 Å². The van der Waals surface area contributed by atoms with Crippen molar-refractivity contribution in [3.63, 3.8) is 0 Å². The lowest BCUT2D eigenvalue weighted by Gasteiger charge is -2.15. The minimum atomic E-state index is -4.93. The molecule has 5 aromatic rings. The molecule has 0 fully saturated rings. The van der Waals surface area contributed by atoms with Crippen molar-refractivity contribution >= 4 is 33.3 Å². The molecule has 0 aliphatic rings. The van der Waals surface area contributed by atoms with E-state index >= 15 is 0 Å². The van der Waals surface area contributed by atoms with Gasteiger partial charge < -0.3 is 14.5 Å². The molecule has 5 rings (SSSR count). The molecule has 0 saturated carbocycles. The first kappa shape index (κ1) is 25.1. The van der Waals surface area contributed by atoms with Crippen LogP contribution in [0.1, 0.15) is 18.2 Å². The molecule has 1 heterocycles. The Bertz CT molecular complexity index is 1720. The van der Waals surface area contributed by atoms with Gasteiger partial charge in [-0.3, -0.25) is 9.59 Å². The summed E-state index contributed by atoms with van der Waals surface area (Å²) in [6, 6.07) is 23.0. The van der Waals surface area contributed by atoms with Crippen LogP contribution >= 0.6 is 0 Å². The van der Waals surface area contributed by atoms with Crippen LogP contribution in [-0.4, -0.2) is 12.5 Å². The van der Waals surface area contributed by atoms with Crippen LogP contribution < -0.4 is 15.5 Å². The standard InChI is InChI=1S/C30H22F3NO4/c1-2-18-8-4-6-13-24(18)34-26(35)17-37-20-14-15-23-25(16-20)38-29(30(31,32)33)27(28(23)36)22-12-7-10-19-9-3-5-11-21(19)22/h3-16H,2,17H2,1H3,(H,34,35). The van der Waals surface area contributed by atoms with Gasteiger partial charge in [-0.1, -0.05) is 67.6 Å². The highest BCUT2D eigenvalue weighted by Crippen LogP contribution is 2.39. The fraction of sp³-hybridized carbons (Fsp3) is 0.133. The van der Waals surface area contributed by atoms with Crippen LogP contribution in [0.15, 0.2) is 94.1 Å². The number of amides is 1. The third-order valence-corrected chi connectivity index (χ3v) is 6.22. The van der Waals surface area contributed by atoms with Crippen molar-refractivity contribution in [1.82, 2.24) is 0 Å². The lowest BCUT2D eigenvalue weighted by molar-refractivity contribution is -0.152. The smallest absolute Gasteiger partial charge is 0.450 e. The maximum atomic E-state index is 14.1. The number of ether oxygens (including phenoxy) is 1. The van der Waals surface area contributed by atoms with Gasteiger partial charge in [0.25, 0.3) is 5.91 Å². The number of alkyl halides is 3. The van der Waals surface area contributed by atoms with E-state index in [1.807, 2.05) is 19.1 Å². The average Bonchev–Trinajstić information content (AvgIpc) is 2.91. The first-order valence-corrected chi connectivity index (χ1v) is 11.9. The number of carbonyl (C=O) groups is 1. The van der Waals surface area contributed by atoms with Gasteiger partial charge in [0.05, 0.1) is 10.9 Å². The molecule has 5 nitrogen and oxygen atoms in total. The Morgan fingerprint density at radius 1 is 0.921 bits per heavy atom. The number of para-hydroxylation sites is 1. The second kappa shape index (κ2) is 10.0. The molecule has 4 aromatic carbocycles. The van der Waals surface area contributed by atoms with Crippen LogP contribution in [0.25, 0.3) is 32.9 Å². The predicted octanol–water partition coefficient (Wildman–Crippen LogP) is 7.21. The third-order valence-electron chi connectivity index (χ3n) is 6.22. The van der Waals surface area contributed by atoms with E-state index in [4.69, 9.17) is 9.15 Å². The number of nitrogens with one attached hydrogen (secondary N) is 1. The molecule has 0 bridgehead atoms. The molecule has 8 heteroatoms. The summed E-state index contributed by atoms with van der Waals surface area (Å²) in [5, 5.41) is 3.93. The Morgan fingerprint density at radius 3 is 2.45 bits per heavy atom. The summed E-state index contributed by atoms with van der Waals surface area (Å²) in [7, 11) is 0. The van der Waals surface area contributed by atoms with Crippen LogP contribution in [0.5, 0.6) is 5.75 Å². The molecule has 1 aromatic heterocycles. The van der Waals surface area contributed by atoms with Gasteiger partial charge in [-0.15, -0.1) is 0 Å². The number of carbonyl (C=O) groups excluding carboxylic acids is 1. The van der Waals surface area contributed by atoms with Crippen molar-refractivity contribution in [3.05, 3.63) is 106 Å². The van der Waals surface area contributed by atoms with Crippen molar-refractivity contribution in [2.24, 2.45) is 0 Å². The Balaban J connectivity index is 1.50. The van der Waals surface area contributed by atoms with Crippen LogP contribution in [0.2, 0.25) is 0 Å². The maximum Gasteiger partial charge on any atom is 0.450 e. The Hall–Kier alpha value is -4.59. The zero-order chi connectivity index (χ0) is 26.9. The van der Waals surface area contributed by atoms with E-state index in [2.05, 4.69) is 5.32 Å². The third kappa shape index (κ3) is 4.85. The van der Waals surface area contributed by atoms with Crippen molar-refractivity contribution < 1.29 is 27.1 Å². The van der Waals surface area contributed by atoms with Gasteiger partial charge in [-0.2, -0.15) is 13.2 Å². The summed E-state index contributed by atoms with van der Waals surface area (Å²) in [4.78, 5) is 25.8. The van der Waals surface area contributed by atoms with E-state index in [0.29, 0.717) is 16.5 Å². The fourth-order valence-electron chi connectivity index (χ4n) is 4.44. The number of fused-ring (bicyclic) bond motifs is 2. The van der Waals surface area contributed by atoms with Gasteiger partial charge in [-0.05, 0) is 46.5 Å². The Morgan fingerprint density at radius 2 is 1.66 bits per heavy atom. The lowest BCUT2D eigenvalue weighted by atomic mass is 9.96. The minimum Gasteiger partial charge on any atom is -0.484 e. The van der Waals surface area contributed by atoms with E-state index < -0.39 is 28.8 Å². The SMILES string of the molecule is CCc1ccccc1NC(=O)COc1ccc2c(=O)c(-c3cccc4ccccc34)c(C(F)(F)F)oc2c1. The highest BCUT2D eigenvalue weighted by molar-refractivity contribution is 5.98. The number of rotatable bonds is 6. The molecule has 0 aliphatic heterocycles. The first-order chi connectivity index (χ1) is 18.3. The Kier molecular flexibility index (Phi) is 6.63. The molecule has 192 valence electrons. The molecule has 0 radical (unpaired) electrons. The molecular formula is C30H22F3NO4. The molecule has 0 spiro atoms. The topological polar surface area (TPSA) is 68.5 Å². The fourth-order valence-corrected chi connectivity index (χ4v) is 4.44. The molecule has 0 atom stereocenters. The monoisotopic (exact) mass is 517 g/mol. The lowest BCUT2D eigenvalue weighted by Crippen LogP contribution is -2.21. The minimum absolute atomic E-state index is 0.0328. The van der Waals surface area contributed by atoms with Crippen molar-refractivity contribution in [2.45, 2.75) is 19.5 Å². The van der Waals surface area contributed by atoms with Crippen molar-refractivity contribution in [2.75, 3.05) is 11.9 Å². The normalized spacial score (nSPS) is 11.6. The summed E-state index contributed by atoms with van der Waals surface area (Å²) < 4.78 is 53.3. The van der Waals surface area contributed by atoms with Crippen molar-refractivity contribution in [1.29, 1.82) is 0 Å². The van der Waals surface area contributed by atoms with Gasteiger partial charge in [0.2, 0.25) is 11.2 Å². The van der Waals surface area contributed by atoms with E-state index in [-0.39, 0.29) is 28.9 Å². The number of aryl methyl sites for hydroxylation is 1. The van der Waals surface area contributed by atoms with Crippen LogP contribution in [-0.2, 0) is 17.4 Å². The highest BCUT2D eigenvalue weighted by atomic mass is 19.4. The maximum absolute atomic E-state index is 14.1. The van der Waals surface area contributed by atoms with Crippen LogP contribution in [0, 0.1) is 0 Å². The zero-order valence-corrected chi connectivity index (χ0v) is 20.3. The molecule has 0 aliphatic carbocycles. The summed E-state index contributed by atoms with van der Waals surface area (Å²) in [6.45, 7) is 1.58. The highest BCUT2D eigenvalue weighted by Gasteiger charge is 2.39. The molecular weight excluding hydrogens is 495 g/mol. The first-order valence-electron chi connectivity index (χ1n) is 11.9. The Labute approximate surface area is 215 Å². The number of hydrogen-bond donors (Lipinski definition) is 1. The number of benzene rings is 4. The van der Waals surface area contributed by atoms with E-state index in [1.54, 1.807) is 48.5 Å². The predicted molar refractivity (Wildman–Crippen MR) is 140 cm³/mol. The summed E-state index contributed by atoms with van der Waals surface area (Å²) >= 11 is 0. The largest absolute Gasteiger partial charge is 0.484 e. The second-order valence-corrected chi connectivity index (χ2v) is 8.67. The van der Waals surface area contributed by atoms with E-state index in [9.17, 15) is 22.8 Å².